The number of amides is 1. The highest BCUT2D eigenvalue weighted by Crippen LogP contribution is 2.38. The van der Waals surface area contributed by atoms with Gasteiger partial charge in [-0.25, -0.2) is 0 Å². The standard InChI is InChI=1S/C19H19ClN2O3/c20-16-8-6-15(7-9-16)19(14-2-1-3-14)21-18(23)12-13-4-10-17(11-5-13)22(24)25/h4-11,14,19H,1-3,12H2,(H,21,23). The lowest BCUT2D eigenvalue weighted by Gasteiger charge is -2.34. The number of nitro benzene ring substituents is 1. The molecular weight excluding hydrogens is 340 g/mol. The number of hydrogen-bond donors (Lipinski definition) is 1. The molecule has 0 bridgehead atoms. The minimum atomic E-state index is -0.447. The van der Waals surface area contributed by atoms with Gasteiger partial charge in [-0.2, -0.15) is 0 Å². The number of nitrogens with one attached hydrogen (secondary N) is 1. The average molecular weight is 359 g/mol. The first-order chi connectivity index (χ1) is 12.0. The van der Waals surface area contributed by atoms with Gasteiger partial charge in [0.2, 0.25) is 5.91 Å². The molecule has 1 atom stereocenters. The van der Waals surface area contributed by atoms with Crippen molar-refractivity contribution in [2.45, 2.75) is 31.7 Å². The number of hydrogen-bond acceptors (Lipinski definition) is 3. The quantitative estimate of drug-likeness (QED) is 0.612. The van der Waals surface area contributed by atoms with Crippen molar-refractivity contribution in [3.8, 4) is 0 Å². The van der Waals surface area contributed by atoms with E-state index in [-0.39, 0.29) is 24.1 Å². The van der Waals surface area contributed by atoms with Crippen LogP contribution in [0.15, 0.2) is 48.5 Å². The molecular formula is C19H19ClN2O3. The lowest BCUT2D eigenvalue weighted by Crippen LogP contribution is -2.37. The Bertz CT molecular complexity index is 755. The van der Waals surface area contributed by atoms with Crippen LogP contribution in [0.5, 0.6) is 0 Å². The van der Waals surface area contributed by atoms with E-state index >= 15 is 0 Å². The zero-order valence-corrected chi connectivity index (χ0v) is 14.4. The third-order valence-electron chi connectivity index (χ3n) is 4.68. The van der Waals surface area contributed by atoms with Crippen LogP contribution in [0.1, 0.15) is 36.4 Å². The average Bonchev–Trinajstić information content (AvgIpc) is 2.54. The molecule has 5 nitrogen and oxygen atoms in total. The van der Waals surface area contributed by atoms with E-state index in [1.807, 2.05) is 24.3 Å². The largest absolute Gasteiger partial charge is 0.349 e. The molecule has 0 spiro atoms. The highest BCUT2D eigenvalue weighted by Gasteiger charge is 2.29. The molecule has 25 heavy (non-hydrogen) atoms. The maximum absolute atomic E-state index is 12.5. The van der Waals surface area contributed by atoms with E-state index in [0.717, 1.165) is 24.0 Å². The van der Waals surface area contributed by atoms with Crippen molar-refractivity contribution in [3.63, 3.8) is 0 Å². The number of nitro groups is 1. The first-order valence-electron chi connectivity index (χ1n) is 8.31. The second-order valence-electron chi connectivity index (χ2n) is 6.39. The molecule has 2 aromatic rings. The van der Waals surface area contributed by atoms with E-state index in [1.54, 1.807) is 12.1 Å². The fourth-order valence-electron chi connectivity index (χ4n) is 3.06. The summed E-state index contributed by atoms with van der Waals surface area (Å²) in [6, 6.07) is 13.7. The van der Waals surface area contributed by atoms with E-state index in [2.05, 4.69) is 5.32 Å². The van der Waals surface area contributed by atoms with Crippen LogP contribution in [-0.4, -0.2) is 10.8 Å². The SMILES string of the molecule is O=C(Cc1ccc([N+](=O)[O-])cc1)NC(c1ccc(Cl)cc1)C1CCC1. The van der Waals surface area contributed by atoms with Crippen molar-refractivity contribution in [1.29, 1.82) is 0 Å². The van der Waals surface area contributed by atoms with E-state index in [1.165, 1.54) is 18.6 Å². The number of rotatable bonds is 6. The predicted molar refractivity (Wildman–Crippen MR) is 96.5 cm³/mol. The Balaban J connectivity index is 1.67. The summed E-state index contributed by atoms with van der Waals surface area (Å²) in [4.78, 5) is 22.7. The summed E-state index contributed by atoms with van der Waals surface area (Å²) in [5, 5.41) is 14.5. The Morgan fingerprint density at radius 1 is 1.16 bits per heavy atom. The second-order valence-corrected chi connectivity index (χ2v) is 6.82. The third-order valence-corrected chi connectivity index (χ3v) is 4.93. The van der Waals surface area contributed by atoms with Gasteiger partial charge in [-0.05, 0) is 42.0 Å². The number of nitrogens with zero attached hydrogens (tertiary/aromatic N) is 1. The van der Waals surface area contributed by atoms with Crippen molar-refractivity contribution in [2.75, 3.05) is 0 Å². The van der Waals surface area contributed by atoms with Crippen LogP contribution in [-0.2, 0) is 11.2 Å². The minimum Gasteiger partial charge on any atom is -0.349 e. The number of carbonyl (C=O) groups is 1. The molecule has 0 saturated heterocycles. The van der Waals surface area contributed by atoms with E-state index in [0.29, 0.717) is 10.9 Å². The van der Waals surface area contributed by atoms with Crippen molar-refractivity contribution < 1.29 is 9.72 Å². The summed E-state index contributed by atoms with van der Waals surface area (Å²) in [6.45, 7) is 0. The molecule has 0 heterocycles. The van der Waals surface area contributed by atoms with Crippen LogP contribution in [0.3, 0.4) is 0 Å². The van der Waals surface area contributed by atoms with Gasteiger partial charge in [0.05, 0.1) is 17.4 Å². The molecule has 3 rings (SSSR count). The minimum absolute atomic E-state index is 0.0171. The van der Waals surface area contributed by atoms with Crippen LogP contribution in [0, 0.1) is 16.0 Å². The van der Waals surface area contributed by atoms with Gasteiger partial charge in [0.1, 0.15) is 0 Å². The maximum atomic E-state index is 12.5. The Morgan fingerprint density at radius 2 is 1.80 bits per heavy atom. The first kappa shape index (κ1) is 17.4. The molecule has 130 valence electrons. The van der Waals surface area contributed by atoms with Gasteiger partial charge in [0.15, 0.2) is 0 Å². The third kappa shape index (κ3) is 4.37. The summed E-state index contributed by atoms with van der Waals surface area (Å²) in [5.41, 5.74) is 1.84. The fourth-order valence-corrected chi connectivity index (χ4v) is 3.19. The van der Waals surface area contributed by atoms with Crippen molar-refractivity contribution >= 4 is 23.2 Å². The smallest absolute Gasteiger partial charge is 0.269 e. The molecule has 0 aliphatic heterocycles. The predicted octanol–water partition coefficient (Wildman–Crippen LogP) is 4.45. The van der Waals surface area contributed by atoms with Crippen LogP contribution in [0.2, 0.25) is 5.02 Å². The Hall–Kier alpha value is -2.40. The van der Waals surface area contributed by atoms with Gasteiger partial charge in [-0.1, -0.05) is 42.3 Å². The van der Waals surface area contributed by atoms with Crippen LogP contribution < -0.4 is 5.32 Å². The van der Waals surface area contributed by atoms with Gasteiger partial charge >= 0.3 is 0 Å². The number of benzene rings is 2. The van der Waals surface area contributed by atoms with Crippen LogP contribution in [0.25, 0.3) is 0 Å². The molecule has 1 saturated carbocycles. The lowest BCUT2D eigenvalue weighted by molar-refractivity contribution is -0.384. The summed E-state index contributed by atoms with van der Waals surface area (Å²) < 4.78 is 0. The summed E-state index contributed by atoms with van der Waals surface area (Å²) in [6.07, 6.45) is 3.60. The maximum Gasteiger partial charge on any atom is 0.269 e. The molecule has 1 aliphatic rings. The van der Waals surface area contributed by atoms with E-state index in [9.17, 15) is 14.9 Å². The monoisotopic (exact) mass is 358 g/mol. The topological polar surface area (TPSA) is 72.2 Å². The summed E-state index contributed by atoms with van der Waals surface area (Å²) in [5.74, 6) is 0.364. The molecule has 1 N–H and O–H groups in total. The zero-order chi connectivity index (χ0) is 17.8. The van der Waals surface area contributed by atoms with E-state index in [4.69, 9.17) is 11.6 Å². The van der Waals surface area contributed by atoms with Gasteiger partial charge in [0, 0.05) is 17.2 Å². The van der Waals surface area contributed by atoms with Crippen molar-refractivity contribution in [2.24, 2.45) is 5.92 Å². The van der Waals surface area contributed by atoms with Gasteiger partial charge in [-0.3, -0.25) is 14.9 Å². The second kappa shape index (κ2) is 7.66. The molecule has 6 heteroatoms. The van der Waals surface area contributed by atoms with Gasteiger partial charge in [0.25, 0.3) is 5.69 Å². The number of non-ortho nitro benzene ring substituents is 1. The lowest BCUT2D eigenvalue weighted by atomic mass is 9.77. The Morgan fingerprint density at radius 3 is 2.32 bits per heavy atom. The molecule has 1 unspecified atom stereocenters. The summed E-state index contributed by atoms with van der Waals surface area (Å²) in [7, 11) is 0. The molecule has 1 aliphatic carbocycles. The highest BCUT2D eigenvalue weighted by molar-refractivity contribution is 6.30. The van der Waals surface area contributed by atoms with Crippen LogP contribution in [0.4, 0.5) is 5.69 Å². The molecule has 2 aromatic carbocycles. The normalized spacial score (nSPS) is 15.2. The van der Waals surface area contributed by atoms with E-state index < -0.39 is 4.92 Å². The molecule has 0 aromatic heterocycles. The Labute approximate surface area is 151 Å². The number of carbonyl (C=O) groups excluding carboxylic acids is 1. The molecule has 1 fully saturated rings. The zero-order valence-electron chi connectivity index (χ0n) is 13.7. The van der Waals surface area contributed by atoms with Crippen molar-refractivity contribution in [1.82, 2.24) is 5.32 Å². The van der Waals surface area contributed by atoms with Gasteiger partial charge < -0.3 is 5.32 Å². The van der Waals surface area contributed by atoms with Crippen LogP contribution >= 0.6 is 11.6 Å². The van der Waals surface area contributed by atoms with Gasteiger partial charge in [-0.15, -0.1) is 0 Å². The highest BCUT2D eigenvalue weighted by atomic mass is 35.5. The molecule has 0 radical (unpaired) electrons. The first-order valence-corrected chi connectivity index (χ1v) is 8.69. The molecule has 1 amide bonds. The Kier molecular flexibility index (Phi) is 5.34. The fraction of sp³-hybridized carbons (Fsp3) is 0.316. The number of halogens is 1. The summed E-state index contributed by atoms with van der Waals surface area (Å²) >= 11 is 5.96. The van der Waals surface area contributed by atoms with Crippen molar-refractivity contribution in [3.05, 3.63) is 74.8 Å².